The predicted octanol–water partition coefficient (Wildman–Crippen LogP) is 3.26. The van der Waals surface area contributed by atoms with Crippen LogP contribution in [0.1, 0.15) is 31.9 Å². The van der Waals surface area contributed by atoms with E-state index in [2.05, 4.69) is 17.2 Å². The lowest BCUT2D eigenvalue weighted by atomic mass is 10.1. The molecule has 0 aromatic heterocycles. The van der Waals surface area contributed by atoms with Crippen molar-refractivity contribution >= 4 is 11.8 Å². The van der Waals surface area contributed by atoms with E-state index in [0.29, 0.717) is 5.69 Å². The quantitative estimate of drug-likeness (QED) is 0.849. The first-order valence-electron chi connectivity index (χ1n) is 6.91. The molecule has 0 aliphatic rings. The lowest BCUT2D eigenvalue weighted by Crippen LogP contribution is -2.27. The zero-order valence-electron chi connectivity index (χ0n) is 13.7. The molecule has 4 heteroatoms. The van der Waals surface area contributed by atoms with Gasteiger partial charge in [0.2, 0.25) is 0 Å². The summed E-state index contributed by atoms with van der Waals surface area (Å²) in [7, 11) is 3.96. The number of amides is 1. The fraction of sp³-hybridized carbons (Fsp3) is 0.471. The highest BCUT2D eigenvalue weighted by atomic mass is 16.6. The maximum atomic E-state index is 11.7. The van der Waals surface area contributed by atoms with E-state index in [-0.39, 0.29) is 0 Å². The Morgan fingerprint density at radius 2 is 2.00 bits per heavy atom. The van der Waals surface area contributed by atoms with E-state index in [0.717, 1.165) is 17.7 Å². The lowest BCUT2D eigenvalue weighted by molar-refractivity contribution is 0.0636. The minimum atomic E-state index is -0.503. The summed E-state index contributed by atoms with van der Waals surface area (Å²) < 4.78 is 5.22. The summed E-state index contributed by atoms with van der Waals surface area (Å²) in [6.45, 7) is 8.20. The molecule has 0 saturated heterocycles. The Labute approximate surface area is 127 Å². The number of hydrogen-bond donors (Lipinski definition) is 1. The molecule has 21 heavy (non-hydrogen) atoms. The Morgan fingerprint density at radius 3 is 2.52 bits per heavy atom. The molecule has 1 amide bonds. The summed E-state index contributed by atoms with van der Waals surface area (Å²) in [5.74, 6) is 6.22. The Hall–Kier alpha value is -1.99. The number of nitrogens with zero attached hydrogens (tertiary/aromatic N) is 1. The highest BCUT2D eigenvalue weighted by molar-refractivity contribution is 5.85. The minimum Gasteiger partial charge on any atom is -0.444 e. The van der Waals surface area contributed by atoms with E-state index in [1.807, 2.05) is 64.9 Å². The Morgan fingerprint density at radius 1 is 1.33 bits per heavy atom. The summed E-state index contributed by atoms with van der Waals surface area (Å²) in [5, 5.41) is 2.72. The number of hydrogen-bond acceptors (Lipinski definition) is 3. The molecule has 0 atom stereocenters. The minimum absolute atomic E-state index is 0.451. The van der Waals surface area contributed by atoms with Crippen LogP contribution < -0.4 is 5.32 Å². The molecule has 0 spiro atoms. The second-order valence-electron chi connectivity index (χ2n) is 6.20. The van der Waals surface area contributed by atoms with Crippen molar-refractivity contribution in [3.05, 3.63) is 29.3 Å². The van der Waals surface area contributed by atoms with Crippen LogP contribution in [0.15, 0.2) is 18.2 Å². The molecule has 0 heterocycles. The van der Waals surface area contributed by atoms with Gasteiger partial charge in [0, 0.05) is 11.3 Å². The number of benzene rings is 1. The average molecular weight is 288 g/mol. The zero-order valence-corrected chi connectivity index (χ0v) is 13.7. The van der Waals surface area contributed by atoms with Crippen LogP contribution in [0.25, 0.3) is 0 Å². The van der Waals surface area contributed by atoms with Gasteiger partial charge in [-0.25, -0.2) is 4.79 Å². The second kappa shape index (κ2) is 7.14. The molecule has 0 aliphatic heterocycles. The van der Waals surface area contributed by atoms with Crippen LogP contribution in [0.5, 0.6) is 0 Å². The molecule has 0 fully saturated rings. The van der Waals surface area contributed by atoms with Crippen molar-refractivity contribution in [1.29, 1.82) is 0 Å². The first-order chi connectivity index (χ1) is 9.67. The summed E-state index contributed by atoms with van der Waals surface area (Å²) in [6, 6.07) is 5.63. The maximum absolute atomic E-state index is 11.7. The molecule has 0 radical (unpaired) electrons. The van der Waals surface area contributed by atoms with Gasteiger partial charge in [0.05, 0.1) is 6.54 Å². The fourth-order valence-electron chi connectivity index (χ4n) is 1.60. The van der Waals surface area contributed by atoms with E-state index in [1.165, 1.54) is 0 Å². The van der Waals surface area contributed by atoms with Gasteiger partial charge in [-0.2, -0.15) is 0 Å². The van der Waals surface area contributed by atoms with E-state index < -0.39 is 11.7 Å². The zero-order chi connectivity index (χ0) is 16.0. The molecule has 0 aliphatic carbocycles. The number of ether oxygens (including phenoxy) is 1. The monoisotopic (exact) mass is 288 g/mol. The summed E-state index contributed by atoms with van der Waals surface area (Å²) in [5.41, 5.74) is 2.19. The molecule has 1 aromatic rings. The molecule has 114 valence electrons. The number of aryl methyl sites for hydroxylation is 1. The van der Waals surface area contributed by atoms with Crippen LogP contribution in [-0.2, 0) is 4.74 Å². The van der Waals surface area contributed by atoms with Gasteiger partial charge in [0.15, 0.2) is 0 Å². The standard InChI is InChI=1S/C17H24N2O2/c1-13-12-15(18-16(20)21-17(2,3)4)10-9-14(13)8-7-11-19(5)6/h9-10,12H,11H2,1-6H3,(H,18,20). The van der Waals surface area contributed by atoms with Gasteiger partial charge < -0.3 is 4.74 Å². The van der Waals surface area contributed by atoms with Crippen LogP contribution >= 0.6 is 0 Å². The predicted molar refractivity (Wildman–Crippen MR) is 86.5 cm³/mol. The summed E-state index contributed by atoms with van der Waals surface area (Å²) >= 11 is 0. The summed E-state index contributed by atoms with van der Waals surface area (Å²) in [6.07, 6.45) is -0.451. The van der Waals surface area contributed by atoms with Gasteiger partial charge in [0.1, 0.15) is 5.60 Å². The molecule has 0 bridgehead atoms. The van der Waals surface area contributed by atoms with Crippen LogP contribution in [0.3, 0.4) is 0 Å². The van der Waals surface area contributed by atoms with Gasteiger partial charge >= 0.3 is 6.09 Å². The van der Waals surface area contributed by atoms with Crippen molar-refractivity contribution in [2.75, 3.05) is 26.0 Å². The second-order valence-corrected chi connectivity index (χ2v) is 6.20. The molecular formula is C17H24N2O2. The molecule has 0 unspecified atom stereocenters. The van der Waals surface area contributed by atoms with Gasteiger partial charge in [-0.3, -0.25) is 10.2 Å². The van der Waals surface area contributed by atoms with Crippen molar-refractivity contribution in [2.24, 2.45) is 0 Å². The number of rotatable bonds is 2. The highest BCUT2D eigenvalue weighted by Crippen LogP contribution is 2.16. The smallest absolute Gasteiger partial charge is 0.412 e. The van der Waals surface area contributed by atoms with E-state index in [4.69, 9.17) is 4.74 Å². The molecule has 1 rings (SSSR count). The molecule has 4 nitrogen and oxygen atoms in total. The largest absolute Gasteiger partial charge is 0.444 e. The maximum Gasteiger partial charge on any atom is 0.412 e. The van der Waals surface area contributed by atoms with Crippen molar-refractivity contribution in [1.82, 2.24) is 4.90 Å². The first-order valence-corrected chi connectivity index (χ1v) is 6.91. The van der Waals surface area contributed by atoms with E-state index in [9.17, 15) is 4.79 Å². The fourth-order valence-corrected chi connectivity index (χ4v) is 1.60. The van der Waals surface area contributed by atoms with Gasteiger partial charge in [-0.05, 0) is 65.6 Å². The third kappa shape index (κ3) is 6.82. The lowest BCUT2D eigenvalue weighted by Gasteiger charge is -2.19. The third-order valence-corrected chi connectivity index (χ3v) is 2.49. The molecular weight excluding hydrogens is 264 g/mol. The van der Waals surface area contributed by atoms with Crippen molar-refractivity contribution < 1.29 is 9.53 Å². The average Bonchev–Trinajstić information content (AvgIpc) is 2.28. The Bertz CT molecular complexity index is 560. The van der Waals surface area contributed by atoms with E-state index in [1.54, 1.807) is 0 Å². The normalized spacial score (nSPS) is 10.8. The van der Waals surface area contributed by atoms with Crippen LogP contribution in [-0.4, -0.2) is 37.2 Å². The van der Waals surface area contributed by atoms with Crippen LogP contribution in [0.4, 0.5) is 10.5 Å². The number of nitrogens with one attached hydrogen (secondary N) is 1. The topological polar surface area (TPSA) is 41.6 Å². The Balaban J connectivity index is 2.73. The van der Waals surface area contributed by atoms with Crippen LogP contribution in [0.2, 0.25) is 0 Å². The third-order valence-electron chi connectivity index (χ3n) is 2.49. The number of anilines is 1. The van der Waals surface area contributed by atoms with Gasteiger partial charge in [-0.15, -0.1) is 0 Å². The van der Waals surface area contributed by atoms with E-state index >= 15 is 0 Å². The Kier molecular flexibility index (Phi) is 5.80. The van der Waals surface area contributed by atoms with Crippen LogP contribution in [0, 0.1) is 18.8 Å². The molecule has 0 saturated carbocycles. The highest BCUT2D eigenvalue weighted by Gasteiger charge is 2.16. The van der Waals surface area contributed by atoms with Crippen molar-refractivity contribution in [3.8, 4) is 11.8 Å². The van der Waals surface area contributed by atoms with Crippen molar-refractivity contribution in [2.45, 2.75) is 33.3 Å². The number of carbonyl (C=O) groups excluding carboxylic acids is 1. The van der Waals surface area contributed by atoms with Gasteiger partial charge in [0.25, 0.3) is 0 Å². The number of carbonyl (C=O) groups is 1. The molecule has 1 N–H and O–H groups in total. The molecule has 1 aromatic carbocycles. The van der Waals surface area contributed by atoms with Gasteiger partial charge in [-0.1, -0.05) is 11.8 Å². The first kappa shape index (κ1) is 17.1. The SMILES string of the molecule is Cc1cc(NC(=O)OC(C)(C)C)ccc1C#CCN(C)C. The van der Waals surface area contributed by atoms with Crippen molar-refractivity contribution in [3.63, 3.8) is 0 Å². The summed E-state index contributed by atoms with van der Waals surface area (Å²) in [4.78, 5) is 13.7.